The highest BCUT2D eigenvalue weighted by Crippen LogP contribution is 2.28. The average Bonchev–Trinajstić information content (AvgIpc) is 2.62. The molecule has 0 unspecified atom stereocenters. The molecular formula is C20H19ClN2O3. The van der Waals surface area contributed by atoms with Crippen LogP contribution < -0.4 is 10.1 Å². The summed E-state index contributed by atoms with van der Waals surface area (Å²) in [6.45, 7) is 2.53. The van der Waals surface area contributed by atoms with E-state index in [1.807, 2.05) is 13.0 Å². The van der Waals surface area contributed by atoms with Crippen LogP contribution in [0.5, 0.6) is 11.5 Å². The van der Waals surface area contributed by atoms with Gasteiger partial charge in [-0.05, 0) is 48.4 Å². The van der Waals surface area contributed by atoms with E-state index in [1.165, 1.54) is 12.1 Å². The Morgan fingerprint density at radius 2 is 2.15 bits per heavy atom. The van der Waals surface area contributed by atoms with Gasteiger partial charge in [0.25, 0.3) is 5.91 Å². The minimum atomic E-state index is -0.545. The number of hydrogen-bond acceptors (Lipinski definition) is 4. The third-order valence-corrected chi connectivity index (χ3v) is 3.73. The van der Waals surface area contributed by atoms with Gasteiger partial charge in [-0.2, -0.15) is 5.26 Å². The number of halogens is 1. The number of unbranched alkanes of at least 4 members (excludes halogenated alkanes) is 1. The molecule has 0 aromatic heterocycles. The summed E-state index contributed by atoms with van der Waals surface area (Å²) >= 11 is 5.89. The van der Waals surface area contributed by atoms with Gasteiger partial charge < -0.3 is 15.2 Å². The van der Waals surface area contributed by atoms with Crippen LogP contribution in [0.25, 0.3) is 6.08 Å². The average molecular weight is 371 g/mol. The summed E-state index contributed by atoms with van der Waals surface area (Å²) in [6, 6.07) is 13.2. The van der Waals surface area contributed by atoms with Crippen molar-refractivity contribution in [2.45, 2.75) is 19.8 Å². The van der Waals surface area contributed by atoms with Crippen LogP contribution in [-0.2, 0) is 4.79 Å². The van der Waals surface area contributed by atoms with Crippen molar-refractivity contribution >= 4 is 29.3 Å². The molecule has 0 heterocycles. The normalized spacial score (nSPS) is 10.9. The van der Waals surface area contributed by atoms with Gasteiger partial charge in [-0.15, -0.1) is 0 Å². The number of ether oxygens (including phenoxy) is 1. The van der Waals surface area contributed by atoms with Gasteiger partial charge in [-0.25, -0.2) is 0 Å². The number of nitriles is 1. The van der Waals surface area contributed by atoms with Crippen LogP contribution in [0.1, 0.15) is 25.3 Å². The molecular weight excluding hydrogens is 352 g/mol. The first-order valence-corrected chi connectivity index (χ1v) is 8.55. The molecule has 2 rings (SSSR count). The van der Waals surface area contributed by atoms with E-state index in [0.717, 1.165) is 12.8 Å². The molecule has 2 aromatic carbocycles. The monoisotopic (exact) mass is 370 g/mol. The summed E-state index contributed by atoms with van der Waals surface area (Å²) in [7, 11) is 0. The lowest BCUT2D eigenvalue weighted by molar-refractivity contribution is -0.112. The molecule has 1 amide bonds. The van der Waals surface area contributed by atoms with Crippen molar-refractivity contribution in [3.8, 4) is 17.6 Å². The number of rotatable bonds is 7. The third kappa shape index (κ3) is 5.54. The van der Waals surface area contributed by atoms with E-state index < -0.39 is 5.91 Å². The molecule has 5 nitrogen and oxygen atoms in total. The van der Waals surface area contributed by atoms with Gasteiger partial charge in [0.15, 0.2) is 11.5 Å². The number of nitrogens with one attached hydrogen (secondary N) is 1. The maximum Gasteiger partial charge on any atom is 0.266 e. The Morgan fingerprint density at radius 3 is 2.85 bits per heavy atom. The fraction of sp³-hybridized carbons (Fsp3) is 0.200. The summed E-state index contributed by atoms with van der Waals surface area (Å²) in [5.41, 5.74) is 1.00. The first-order chi connectivity index (χ1) is 12.5. The first kappa shape index (κ1) is 19.4. The Morgan fingerprint density at radius 1 is 1.35 bits per heavy atom. The van der Waals surface area contributed by atoms with Gasteiger partial charge in [-0.3, -0.25) is 4.79 Å². The van der Waals surface area contributed by atoms with Crippen LogP contribution >= 0.6 is 11.6 Å². The molecule has 0 aliphatic carbocycles. The number of benzene rings is 2. The molecule has 0 aliphatic rings. The SMILES string of the molecule is CCCCOc1cc(C=C(C#N)C(=O)Nc2cccc(Cl)c2)ccc1O. The van der Waals surface area contributed by atoms with E-state index in [2.05, 4.69) is 5.32 Å². The summed E-state index contributed by atoms with van der Waals surface area (Å²) in [5, 5.41) is 22.3. The largest absolute Gasteiger partial charge is 0.504 e. The van der Waals surface area contributed by atoms with Crippen molar-refractivity contribution in [1.29, 1.82) is 5.26 Å². The second-order valence-electron chi connectivity index (χ2n) is 5.56. The van der Waals surface area contributed by atoms with E-state index >= 15 is 0 Å². The predicted octanol–water partition coefficient (Wildman–Crippen LogP) is 4.77. The van der Waals surface area contributed by atoms with Crippen LogP contribution in [0.15, 0.2) is 48.0 Å². The van der Waals surface area contributed by atoms with Crippen molar-refractivity contribution in [2.24, 2.45) is 0 Å². The highest BCUT2D eigenvalue weighted by Gasteiger charge is 2.11. The number of phenolic OH excluding ortho intramolecular Hbond substituents is 1. The van der Waals surface area contributed by atoms with Gasteiger partial charge in [0.05, 0.1) is 6.61 Å². The minimum absolute atomic E-state index is 0.0140. The van der Waals surface area contributed by atoms with Gasteiger partial charge in [0.2, 0.25) is 0 Å². The number of phenols is 1. The van der Waals surface area contributed by atoms with Gasteiger partial charge in [-0.1, -0.05) is 37.1 Å². The lowest BCUT2D eigenvalue weighted by atomic mass is 10.1. The molecule has 0 saturated heterocycles. The zero-order valence-electron chi connectivity index (χ0n) is 14.3. The fourth-order valence-electron chi connectivity index (χ4n) is 2.14. The maximum absolute atomic E-state index is 12.3. The van der Waals surface area contributed by atoms with Crippen LogP contribution in [0.2, 0.25) is 5.02 Å². The van der Waals surface area contributed by atoms with Gasteiger partial charge >= 0.3 is 0 Å². The zero-order chi connectivity index (χ0) is 18.9. The lowest BCUT2D eigenvalue weighted by Gasteiger charge is -2.09. The van der Waals surface area contributed by atoms with E-state index in [0.29, 0.717) is 28.6 Å². The molecule has 0 bridgehead atoms. The Kier molecular flexibility index (Phi) is 7.07. The topological polar surface area (TPSA) is 82.3 Å². The second kappa shape index (κ2) is 9.50. The molecule has 26 heavy (non-hydrogen) atoms. The van der Waals surface area contributed by atoms with E-state index in [9.17, 15) is 15.2 Å². The minimum Gasteiger partial charge on any atom is -0.504 e. The summed E-state index contributed by atoms with van der Waals surface area (Å²) < 4.78 is 5.52. The smallest absolute Gasteiger partial charge is 0.266 e. The Balaban J connectivity index is 2.18. The fourth-order valence-corrected chi connectivity index (χ4v) is 2.33. The molecule has 0 spiro atoms. The number of carbonyl (C=O) groups excluding carboxylic acids is 1. The summed E-state index contributed by atoms with van der Waals surface area (Å²) in [6.07, 6.45) is 3.28. The lowest BCUT2D eigenvalue weighted by Crippen LogP contribution is -2.13. The summed E-state index contributed by atoms with van der Waals surface area (Å²) in [4.78, 5) is 12.3. The third-order valence-electron chi connectivity index (χ3n) is 3.50. The van der Waals surface area contributed by atoms with Crippen LogP contribution in [0.3, 0.4) is 0 Å². The molecule has 6 heteroatoms. The number of hydrogen-bond donors (Lipinski definition) is 2. The van der Waals surface area contributed by atoms with Crippen molar-refractivity contribution in [3.05, 3.63) is 58.6 Å². The molecule has 0 saturated carbocycles. The van der Waals surface area contributed by atoms with Crippen molar-refractivity contribution < 1.29 is 14.6 Å². The molecule has 2 N–H and O–H groups in total. The zero-order valence-corrected chi connectivity index (χ0v) is 15.1. The molecule has 0 radical (unpaired) electrons. The van der Waals surface area contributed by atoms with Crippen LogP contribution in [0.4, 0.5) is 5.69 Å². The Hall–Kier alpha value is -2.97. The van der Waals surface area contributed by atoms with Gasteiger partial charge in [0.1, 0.15) is 11.6 Å². The van der Waals surface area contributed by atoms with Crippen molar-refractivity contribution in [2.75, 3.05) is 11.9 Å². The highest BCUT2D eigenvalue weighted by atomic mass is 35.5. The molecule has 134 valence electrons. The Labute approximate surface area is 157 Å². The highest BCUT2D eigenvalue weighted by molar-refractivity contribution is 6.31. The van der Waals surface area contributed by atoms with Crippen LogP contribution in [-0.4, -0.2) is 17.6 Å². The molecule has 0 fully saturated rings. The standard InChI is InChI=1S/C20H19ClN2O3/c1-2-3-9-26-19-11-14(7-8-18(19)24)10-15(13-22)20(25)23-17-6-4-5-16(21)12-17/h4-8,10-12,24H,2-3,9H2,1H3,(H,23,25). The van der Waals surface area contributed by atoms with Crippen molar-refractivity contribution in [3.63, 3.8) is 0 Å². The van der Waals surface area contributed by atoms with Crippen LogP contribution in [0, 0.1) is 11.3 Å². The Bertz CT molecular complexity index is 856. The number of aromatic hydroxyl groups is 1. The number of anilines is 1. The van der Waals surface area contributed by atoms with Crippen molar-refractivity contribution in [1.82, 2.24) is 0 Å². The number of amides is 1. The molecule has 0 aliphatic heterocycles. The van der Waals surface area contributed by atoms with E-state index in [1.54, 1.807) is 36.4 Å². The maximum atomic E-state index is 12.3. The molecule has 2 aromatic rings. The number of carbonyl (C=O) groups is 1. The quantitative estimate of drug-likeness (QED) is 0.418. The summed E-state index contributed by atoms with van der Waals surface area (Å²) in [5.74, 6) is -0.212. The van der Waals surface area contributed by atoms with Gasteiger partial charge in [0, 0.05) is 10.7 Å². The second-order valence-corrected chi connectivity index (χ2v) is 6.00. The number of nitrogens with zero attached hydrogens (tertiary/aromatic N) is 1. The van der Waals surface area contributed by atoms with E-state index in [4.69, 9.17) is 16.3 Å². The van der Waals surface area contributed by atoms with E-state index in [-0.39, 0.29) is 11.3 Å². The molecule has 0 atom stereocenters. The first-order valence-electron chi connectivity index (χ1n) is 8.18. The predicted molar refractivity (Wildman–Crippen MR) is 102 cm³/mol.